The monoisotopic (exact) mass is 218 g/mol. The van der Waals surface area contributed by atoms with Gasteiger partial charge >= 0.3 is 0 Å². The zero-order chi connectivity index (χ0) is 11.7. The summed E-state index contributed by atoms with van der Waals surface area (Å²) in [6.45, 7) is 7.70. The highest BCUT2D eigenvalue weighted by Crippen LogP contribution is 1.97. The Morgan fingerprint density at radius 2 is 1.87 bits per heavy atom. The maximum Gasteiger partial charge on any atom is 0.0630 e. The first kappa shape index (κ1) is 14.8. The summed E-state index contributed by atoms with van der Waals surface area (Å²) in [6, 6.07) is 0.924. The van der Waals surface area contributed by atoms with E-state index in [9.17, 15) is 0 Å². The van der Waals surface area contributed by atoms with Gasteiger partial charge in [0, 0.05) is 39.4 Å². The van der Waals surface area contributed by atoms with Crippen LogP contribution >= 0.6 is 0 Å². The van der Waals surface area contributed by atoms with Gasteiger partial charge in [-0.25, -0.2) is 0 Å². The van der Waals surface area contributed by atoms with Crippen LogP contribution in [0.4, 0.5) is 0 Å². The van der Waals surface area contributed by atoms with Crippen molar-refractivity contribution in [3.63, 3.8) is 0 Å². The van der Waals surface area contributed by atoms with E-state index in [1.807, 2.05) is 0 Å². The maximum atomic E-state index is 5.21. The Morgan fingerprint density at radius 3 is 2.33 bits per heavy atom. The Balaban J connectivity index is 3.88. The van der Waals surface area contributed by atoms with Crippen LogP contribution in [0.2, 0.25) is 0 Å². The van der Waals surface area contributed by atoms with Crippen molar-refractivity contribution >= 4 is 0 Å². The molecule has 0 rings (SSSR count). The van der Waals surface area contributed by atoms with Crippen molar-refractivity contribution in [1.82, 2.24) is 10.2 Å². The van der Waals surface area contributed by atoms with Gasteiger partial charge in [0.15, 0.2) is 0 Å². The Hall–Kier alpha value is -0.160. The van der Waals surface area contributed by atoms with Crippen molar-refractivity contribution < 1.29 is 9.47 Å². The molecule has 0 fully saturated rings. The largest absolute Gasteiger partial charge is 0.383 e. The van der Waals surface area contributed by atoms with Crippen LogP contribution in [0.1, 0.15) is 13.8 Å². The van der Waals surface area contributed by atoms with Gasteiger partial charge in [-0.05, 0) is 7.05 Å². The molecule has 4 nitrogen and oxygen atoms in total. The lowest BCUT2D eigenvalue weighted by atomic mass is 10.2. The molecule has 0 aromatic rings. The van der Waals surface area contributed by atoms with E-state index in [1.54, 1.807) is 14.2 Å². The third-order valence-electron chi connectivity index (χ3n) is 2.39. The quantitative estimate of drug-likeness (QED) is 0.614. The van der Waals surface area contributed by atoms with Crippen molar-refractivity contribution in [1.29, 1.82) is 0 Å². The zero-order valence-corrected chi connectivity index (χ0v) is 10.7. The van der Waals surface area contributed by atoms with Gasteiger partial charge in [0.05, 0.1) is 13.2 Å². The summed E-state index contributed by atoms with van der Waals surface area (Å²) in [5.74, 6) is 0. The smallest absolute Gasteiger partial charge is 0.0630 e. The summed E-state index contributed by atoms with van der Waals surface area (Å²) in [6.07, 6.45) is 0. The summed E-state index contributed by atoms with van der Waals surface area (Å²) in [4.78, 5) is 2.27. The molecule has 0 aliphatic heterocycles. The minimum atomic E-state index is 0.410. The van der Waals surface area contributed by atoms with Crippen molar-refractivity contribution in [2.24, 2.45) is 0 Å². The Kier molecular flexibility index (Phi) is 9.00. The van der Waals surface area contributed by atoms with Crippen LogP contribution < -0.4 is 5.32 Å². The highest BCUT2D eigenvalue weighted by Gasteiger charge is 2.14. The lowest BCUT2D eigenvalue weighted by Crippen LogP contribution is -2.45. The van der Waals surface area contributed by atoms with Gasteiger partial charge < -0.3 is 14.8 Å². The van der Waals surface area contributed by atoms with Gasteiger partial charge in [-0.2, -0.15) is 0 Å². The SMILES string of the molecule is COCCN(C)C(CNC(C)C)COC. The van der Waals surface area contributed by atoms with Crippen LogP contribution in [-0.2, 0) is 9.47 Å². The highest BCUT2D eigenvalue weighted by molar-refractivity contribution is 4.72. The number of ether oxygens (including phenoxy) is 2. The molecular weight excluding hydrogens is 192 g/mol. The van der Waals surface area contributed by atoms with Crippen molar-refractivity contribution in [2.75, 3.05) is 47.6 Å². The molecule has 1 unspecified atom stereocenters. The van der Waals surface area contributed by atoms with Crippen LogP contribution in [0, 0.1) is 0 Å². The normalized spacial score (nSPS) is 13.8. The number of nitrogens with one attached hydrogen (secondary N) is 1. The second-order valence-electron chi connectivity index (χ2n) is 4.15. The number of likely N-dealkylation sites (N-methyl/N-ethyl adjacent to an activating group) is 1. The molecule has 1 N–H and O–H groups in total. The van der Waals surface area contributed by atoms with E-state index < -0.39 is 0 Å². The van der Waals surface area contributed by atoms with Crippen LogP contribution in [0.25, 0.3) is 0 Å². The van der Waals surface area contributed by atoms with E-state index in [2.05, 4.69) is 31.1 Å². The average molecular weight is 218 g/mol. The fraction of sp³-hybridized carbons (Fsp3) is 1.00. The molecule has 0 saturated heterocycles. The third-order valence-corrected chi connectivity index (χ3v) is 2.39. The molecule has 0 radical (unpaired) electrons. The summed E-state index contributed by atoms with van der Waals surface area (Å²) in [5, 5.41) is 3.43. The van der Waals surface area contributed by atoms with E-state index in [0.717, 1.165) is 26.3 Å². The maximum absolute atomic E-state index is 5.21. The van der Waals surface area contributed by atoms with Crippen LogP contribution in [-0.4, -0.2) is 64.6 Å². The third kappa shape index (κ3) is 7.73. The van der Waals surface area contributed by atoms with E-state index >= 15 is 0 Å². The minimum absolute atomic E-state index is 0.410. The molecular formula is C11H26N2O2. The first-order valence-corrected chi connectivity index (χ1v) is 5.53. The molecule has 0 aliphatic carbocycles. The predicted octanol–water partition coefficient (Wildman–Crippen LogP) is 0.578. The summed E-state index contributed by atoms with van der Waals surface area (Å²) in [5.41, 5.74) is 0. The van der Waals surface area contributed by atoms with Crippen LogP contribution in [0.3, 0.4) is 0 Å². The number of nitrogens with zero attached hydrogens (tertiary/aromatic N) is 1. The Morgan fingerprint density at radius 1 is 1.20 bits per heavy atom. The lowest BCUT2D eigenvalue weighted by Gasteiger charge is -2.28. The van der Waals surface area contributed by atoms with Gasteiger partial charge in [-0.15, -0.1) is 0 Å². The molecule has 0 saturated carbocycles. The first-order chi connectivity index (χ1) is 7.11. The van der Waals surface area contributed by atoms with E-state index in [4.69, 9.17) is 9.47 Å². The topological polar surface area (TPSA) is 33.7 Å². The molecule has 92 valence electrons. The molecule has 0 aliphatic rings. The lowest BCUT2D eigenvalue weighted by molar-refractivity contribution is 0.0822. The summed E-state index contributed by atoms with van der Waals surface area (Å²) < 4.78 is 10.3. The first-order valence-electron chi connectivity index (χ1n) is 5.53. The molecule has 15 heavy (non-hydrogen) atoms. The number of hydrogen-bond donors (Lipinski definition) is 1. The molecule has 0 heterocycles. The van der Waals surface area contributed by atoms with E-state index in [0.29, 0.717) is 12.1 Å². The number of rotatable bonds is 9. The molecule has 0 amide bonds. The summed E-state index contributed by atoms with van der Waals surface area (Å²) in [7, 11) is 5.57. The molecule has 4 heteroatoms. The van der Waals surface area contributed by atoms with Gasteiger partial charge in [-0.3, -0.25) is 4.90 Å². The van der Waals surface area contributed by atoms with Crippen molar-refractivity contribution in [3.05, 3.63) is 0 Å². The molecule has 0 aromatic heterocycles. The van der Waals surface area contributed by atoms with Gasteiger partial charge in [-0.1, -0.05) is 13.8 Å². The number of hydrogen-bond acceptors (Lipinski definition) is 4. The second kappa shape index (κ2) is 9.09. The van der Waals surface area contributed by atoms with Crippen molar-refractivity contribution in [3.8, 4) is 0 Å². The number of methoxy groups -OCH3 is 2. The van der Waals surface area contributed by atoms with Gasteiger partial charge in [0.1, 0.15) is 0 Å². The van der Waals surface area contributed by atoms with E-state index in [-0.39, 0.29) is 0 Å². The highest BCUT2D eigenvalue weighted by atomic mass is 16.5. The zero-order valence-electron chi connectivity index (χ0n) is 10.7. The molecule has 1 atom stereocenters. The van der Waals surface area contributed by atoms with Gasteiger partial charge in [0.2, 0.25) is 0 Å². The van der Waals surface area contributed by atoms with Crippen molar-refractivity contribution in [2.45, 2.75) is 25.9 Å². The standard InChI is InChI=1S/C11H26N2O2/c1-10(2)12-8-11(9-15-5)13(3)6-7-14-4/h10-12H,6-9H2,1-5H3. The second-order valence-corrected chi connectivity index (χ2v) is 4.15. The fourth-order valence-electron chi connectivity index (χ4n) is 1.32. The Bertz CT molecular complexity index is 143. The van der Waals surface area contributed by atoms with E-state index in [1.165, 1.54) is 0 Å². The fourth-order valence-corrected chi connectivity index (χ4v) is 1.32. The summed E-state index contributed by atoms with van der Waals surface area (Å²) >= 11 is 0. The molecule has 0 bridgehead atoms. The van der Waals surface area contributed by atoms with Crippen LogP contribution in [0.15, 0.2) is 0 Å². The molecule has 0 spiro atoms. The minimum Gasteiger partial charge on any atom is -0.383 e. The predicted molar refractivity (Wildman–Crippen MR) is 63.3 cm³/mol. The average Bonchev–Trinajstić information content (AvgIpc) is 2.20. The van der Waals surface area contributed by atoms with Gasteiger partial charge in [0.25, 0.3) is 0 Å². The molecule has 0 aromatic carbocycles. The Labute approximate surface area is 93.9 Å². The van der Waals surface area contributed by atoms with Crippen LogP contribution in [0.5, 0.6) is 0 Å².